The van der Waals surface area contributed by atoms with E-state index in [1.54, 1.807) is 25.1 Å². The lowest BCUT2D eigenvalue weighted by molar-refractivity contribution is -0.126. The molecular weight excluding hydrogens is 324 g/mol. The van der Waals surface area contributed by atoms with Gasteiger partial charge in [-0.3, -0.25) is 9.59 Å². The fourth-order valence-corrected chi connectivity index (χ4v) is 2.10. The molecule has 1 aromatic carbocycles. The second-order valence-corrected chi connectivity index (χ2v) is 5.31. The van der Waals surface area contributed by atoms with Gasteiger partial charge >= 0.3 is 0 Å². The molecule has 0 fully saturated rings. The molecule has 2 N–H and O–H groups in total. The predicted octanol–water partition coefficient (Wildman–Crippen LogP) is 1.76. The van der Waals surface area contributed by atoms with Crippen molar-refractivity contribution in [2.75, 3.05) is 27.9 Å². The van der Waals surface area contributed by atoms with Gasteiger partial charge in [0.1, 0.15) is 6.04 Å². The van der Waals surface area contributed by atoms with Crippen LogP contribution in [-0.2, 0) is 9.59 Å². The summed E-state index contributed by atoms with van der Waals surface area (Å²) in [6, 6.07) is 2.84. The van der Waals surface area contributed by atoms with E-state index in [0.717, 1.165) is 6.42 Å². The summed E-state index contributed by atoms with van der Waals surface area (Å²) in [6.07, 6.45) is 3.80. The number of methoxy groups -OCH3 is 3. The SMILES string of the molecule is CCCNC(=O)[C@H](C)NC(=O)/C=C/c1cc(OC)c(OC)c(OC)c1. The van der Waals surface area contributed by atoms with Crippen molar-refractivity contribution in [1.82, 2.24) is 10.6 Å². The number of carbonyl (C=O) groups is 2. The third-order valence-corrected chi connectivity index (χ3v) is 3.42. The van der Waals surface area contributed by atoms with Gasteiger partial charge in [-0.25, -0.2) is 0 Å². The second kappa shape index (κ2) is 10.2. The lowest BCUT2D eigenvalue weighted by Crippen LogP contribution is -2.44. The van der Waals surface area contributed by atoms with E-state index in [2.05, 4.69) is 10.6 Å². The normalized spacial score (nSPS) is 11.7. The molecule has 2 amide bonds. The highest BCUT2D eigenvalue weighted by molar-refractivity contribution is 5.95. The Morgan fingerprint density at radius 2 is 1.72 bits per heavy atom. The number of rotatable bonds is 9. The van der Waals surface area contributed by atoms with Crippen molar-refractivity contribution in [1.29, 1.82) is 0 Å². The third kappa shape index (κ3) is 6.02. The van der Waals surface area contributed by atoms with E-state index in [4.69, 9.17) is 14.2 Å². The largest absolute Gasteiger partial charge is 0.493 e. The number of benzene rings is 1. The Bertz CT molecular complexity index is 603. The first kappa shape index (κ1) is 20.3. The van der Waals surface area contributed by atoms with Crippen molar-refractivity contribution < 1.29 is 23.8 Å². The van der Waals surface area contributed by atoms with Crippen LogP contribution in [0.4, 0.5) is 0 Å². The van der Waals surface area contributed by atoms with E-state index in [-0.39, 0.29) is 11.8 Å². The van der Waals surface area contributed by atoms with Crippen molar-refractivity contribution in [2.45, 2.75) is 26.3 Å². The molecule has 138 valence electrons. The smallest absolute Gasteiger partial charge is 0.244 e. The lowest BCUT2D eigenvalue weighted by atomic mass is 10.1. The van der Waals surface area contributed by atoms with Gasteiger partial charge in [0, 0.05) is 12.6 Å². The molecule has 25 heavy (non-hydrogen) atoms. The second-order valence-electron chi connectivity index (χ2n) is 5.31. The molecule has 7 heteroatoms. The van der Waals surface area contributed by atoms with Crippen molar-refractivity contribution in [3.05, 3.63) is 23.8 Å². The molecule has 0 saturated heterocycles. The highest BCUT2D eigenvalue weighted by atomic mass is 16.5. The fourth-order valence-electron chi connectivity index (χ4n) is 2.10. The van der Waals surface area contributed by atoms with Crippen molar-refractivity contribution in [2.24, 2.45) is 0 Å². The minimum atomic E-state index is -0.608. The van der Waals surface area contributed by atoms with E-state index in [9.17, 15) is 9.59 Å². The minimum absolute atomic E-state index is 0.212. The zero-order valence-corrected chi connectivity index (χ0v) is 15.3. The first-order valence-electron chi connectivity index (χ1n) is 8.03. The Labute approximate surface area is 148 Å². The van der Waals surface area contributed by atoms with Gasteiger partial charge in [0.25, 0.3) is 0 Å². The van der Waals surface area contributed by atoms with Gasteiger partial charge in [-0.15, -0.1) is 0 Å². The Balaban J connectivity index is 2.80. The summed E-state index contributed by atoms with van der Waals surface area (Å²) in [5.74, 6) is 0.889. The fraction of sp³-hybridized carbons (Fsp3) is 0.444. The Morgan fingerprint density at radius 1 is 1.12 bits per heavy atom. The summed E-state index contributed by atoms with van der Waals surface area (Å²) in [5, 5.41) is 5.34. The number of amides is 2. The first-order chi connectivity index (χ1) is 12.0. The summed E-state index contributed by atoms with van der Waals surface area (Å²) in [7, 11) is 4.57. The van der Waals surface area contributed by atoms with E-state index in [1.165, 1.54) is 27.4 Å². The Hall–Kier alpha value is -2.70. The molecule has 0 heterocycles. The molecule has 0 aromatic heterocycles. The number of hydrogen-bond acceptors (Lipinski definition) is 5. The molecule has 1 rings (SSSR count). The van der Waals surface area contributed by atoms with Gasteiger partial charge < -0.3 is 24.8 Å². The number of hydrogen-bond donors (Lipinski definition) is 2. The average Bonchev–Trinajstić information content (AvgIpc) is 2.63. The summed E-state index contributed by atoms with van der Waals surface area (Å²) in [6.45, 7) is 4.18. The van der Waals surface area contributed by atoms with Crippen molar-refractivity contribution in [3.8, 4) is 17.2 Å². The Morgan fingerprint density at radius 3 is 2.20 bits per heavy atom. The number of carbonyl (C=O) groups excluding carboxylic acids is 2. The monoisotopic (exact) mass is 350 g/mol. The molecule has 7 nitrogen and oxygen atoms in total. The zero-order chi connectivity index (χ0) is 18.8. The van der Waals surface area contributed by atoms with Crippen LogP contribution in [0.5, 0.6) is 17.2 Å². The van der Waals surface area contributed by atoms with Crippen LogP contribution in [-0.4, -0.2) is 45.7 Å². The van der Waals surface area contributed by atoms with Crippen LogP contribution in [0.25, 0.3) is 6.08 Å². The molecule has 0 radical (unpaired) electrons. The van der Waals surface area contributed by atoms with Crippen LogP contribution in [0.3, 0.4) is 0 Å². The van der Waals surface area contributed by atoms with E-state index in [0.29, 0.717) is 29.4 Å². The number of nitrogens with one attached hydrogen (secondary N) is 2. The quantitative estimate of drug-likeness (QED) is 0.663. The summed E-state index contributed by atoms with van der Waals surface area (Å²) >= 11 is 0. The predicted molar refractivity (Wildman–Crippen MR) is 96.0 cm³/mol. The molecular formula is C18H26N2O5. The van der Waals surface area contributed by atoms with Gasteiger partial charge in [-0.05, 0) is 37.1 Å². The minimum Gasteiger partial charge on any atom is -0.493 e. The van der Waals surface area contributed by atoms with Crippen LogP contribution in [0, 0.1) is 0 Å². The maximum absolute atomic E-state index is 12.0. The van der Waals surface area contributed by atoms with Gasteiger partial charge in [0.15, 0.2) is 11.5 Å². The summed E-state index contributed by atoms with van der Waals surface area (Å²) < 4.78 is 15.8. The topological polar surface area (TPSA) is 85.9 Å². The third-order valence-electron chi connectivity index (χ3n) is 3.42. The van der Waals surface area contributed by atoms with Gasteiger partial charge in [-0.1, -0.05) is 6.92 Å². The molecule has 0 saturated carbocycles. The van der Waals surface area contributed by atoms with Gasteiger partial charge in [0.2, 0.25) is 17.6 Å². The highest BCUT2D eigenvalue weighted by Crippen LogP contribution is 2.38. The Kier molecular flexibility index (Phi) is 8.32. The zero-order valence-electron chi connectivity index (χ0n) is 15.3. The van der Waals surface area contributed by atoms with E-state index >= 15 is 0 Å². The summed E-state index contributed by atoms with van der Waals surface area (Å²) in [4.78, 5) is 23.7. The van der Waals surface area contributed by atoms with Crippen molar-refractivity contribution >= 4 is 17.9 Å². The van der Waals surface area contributed by atoms with Crippen molar-refractivity contribution in [3.63, 3.8) is 0 Å². The van der Waals surface area contributed by atoms with Gasteiger partial charge in [-0.2, -0.15) is 0 Å². The van der Waals surface area contributed by atoms with Crippen LogP contribution >= 0.6 is 0 Å². The highest BCUT2D eigenvalue weighted by Gasteiger charge is 2.14. The van der Waals surface area contributed by atoms with Gasteiger partial charge in [0.05, 0.1) is 21.3 Å². The molecule has 0 aliphatic carbocycles. The maximum Gasteiger partial charge on any atom is 0.244 e. The van der Waals surface area contributed by atoms with Crippen LogP contribution in [0.2, 0.25) is 0 Å². The summed E-state index contributed by atoms with van der Waals surface area (Å²) in [5.41, 5.74) is 0.702. The van der Waals surface area contributed by atoms with Crippen LogP contribution < -0.4 is 24.8 Å². The molecule has 0 aliphatic rings. The van der Waals surface area contributed by atoms with E-state index < -0.39 is 6.04 Å². The molecule has 0 spiro atoms. The van der Waals surface area contributed by atoms with E-state index in [1.807, 2.05) is 6.92 Å². The van der Waals surface area contributed by atoms with Crippen LogP contribution in [0.15, 0.2) is 18.2 Å². The molecule has 0 bridgehead atoms. The first-order valence-corrected chi connectivity index (χ1v) is 8.03. The molecule has 0 aliphatic heterocycles. The number of ether oxygens (including phenoxy) is 3. The average molecular weight is 350 g/mol. The lowest BCUT2D eigenvalue weighted by Gasteiger charge is -2.13. The maximum atomic E-state index is 12.0. The molecule has 0 unspecified atom stereocenters. The van der Waals surface area contributed by atoms with Crippen LogP contribution in [0.1, 0.15) is 25.8 Å². The molecule has 1 atom stereocenters. The standard InChI is InChI=1S/C18H26N2O5/c1-6-9-19-18(22)12(2)20-16(21)8-7-13-10-14(23-3)17(25-5)15(11-13)24-4/h7-8,10-12H,6,9H2,1-5H3,(H,19,22)(H,20,21)/b8-7+/t12-/m0/s1. The molecule has 1 aromatic rings.